The molecule has 0 unspecified atom stereocenters. The van der Waals surface area contributed by atoms with Gasteiger partial charge in [-0.1, -0.05) is 145 Å². The van der Waals surface area contributed by atoms with Gasteiger partial charge in [0.2, 0.25) is 0 Å². The van der Waals surface area contributed by atoms with Crippen molar-refractivity contribution in [2.24, 2.45) is 0 Å². The molecule has 0 amide bonds. The van der Waals surface area contributed by atoms with Crippen molar-refractivity contribution in [3.63, 3.8) is 0 Å². The van der Waals surface area contributed by atoms with Gasteiger partial charge < -0.3 is 13.6 Å². The Bertz CT molecular complexity index is 5060. The van der Waals surface area contributed by atoms with Crippen molar-refractivity contribution in [3.05, 3.63) is 206 Å². The molecular weight excluding hydrogens is 693 g/mol. The van der Waals surface area contributed by atoms with Crippen molar-refractivity contribution >= 4 is 65.6 Å². The molecule has 3 aromatic heterocycles. The van der Waals surface area contributed by atoms with Crippen LogP contribution < -0.4 is 0 Å². The van der Waals surface area contributed by atoms with Gasteiger partial charge in [-0.3, -0.25) is 0 Å². The van der Waals surface area contributed by atoms with Gasteiger partial charge >= 0.3 is 0 Å². The van der Waals surface area contributed by atoms with E-state index in [0.717, 1.165) is 4.57 Å². The number of fused-ring (bicyclic) bond motifs is 9. The van der Waals surface area contributed by atoms with E-state index >= 15 is 0 Å². The van der Waals surface area contributed by atoms with Crippen molar-refractivity contribution < 1.29 is 41.4 Å². The first kappa shape index (κ1) is 15.1. The van der Waals surface area contributed by atoms with E-state index in [9.17, 15) is 12.3 Å². The van der Waals surface area contributed by atoms with Crippen LogP contribution in [0.15, 0.2) is 210 Å². The number of aromatic nitrogens is 2. The average molecular weight is 754 g/mol. The minimum absolute atomic E-state index is 0.0747. The minimum Gasteiger partial charge on any atom is -0.455 e. The summed E-state index contributed by atoms with van der Waals surface area (Å²) in [7, 11) is 0. The zero-order chi connectivity index (χ0) is 60.9. The third kappa shape index (κ3) is 4.86. The number of nitrogens with zero attached hydrogens (tertiary/aromatic N) is 2. The summed E-state index contributed by atoms with van der Waals surface area (Å²) in [5.74, 6) is 0. The Morgan fingerprint density at radius 1 is 0.386 bits per heavy atom. The second-order valence-electron chi connectivity index (χ2n) is 12.8. The number of rotatable bonds is 5. The highest BCUT2D eigenvalue weighted by Crippen LogP contribution is 2.41. The lowest BCUT2D eigenvalue weighted by atomic mass is 10.0. The fourth-order valence-corrected chi connectivity index (χ4v) is 7.35. The molecule has 0 aliphatic carbocycles. The second kappa shape index (κ2) is 12.5. The summed E-state index contributed by atoms with van der Waals surface area (Å²) in [6.45, 7) is 0. The molecule has 0 saturated carbocycles. The fraction of sp³-hybridized carbons (Fsp3) is 0. The molecule has 0 fully saturated rings. The Morgan fingerprint density at radius 3 is 1.96 bits per heavy atom. The number of furan rings is 1. The topological polar surface area (TPSA) is 23.0 Å². The Labute approximate surface area is 366 Å². The van der Waals surface area contributed by atoms with Gasteiger partial charge in [-0.05, 0) is 76.7 Å². The third-order valence-corrected chi connectivity index (χ3v) is 9.78. The molecule has 0 N–H and O–H groups in total. The van der Waals surface area contributed by atoms with Crippen LogP contribution in [0.5, 0.6) is 0 Å². The monoisotopic (exact) mass is 753 g/mol. The molecule has 12 aromatic rings. The van der Waals surface area contributed by atoms with Crippen LogP contribution in [-0.4, -0.2) is 9.13 Å². The predicted octanol–water partition coefficient (Wildman–Crippen LogP) is 14.8. The lowest BCUT2D eigenvalue weighted by Gasteiger charge is -2.14. The van der Waals surface area contributed by atoms with Crippen molar-refractivity contribution in [3.8, 4) is 44.8 Å². The highest BCUT2D eigenvalue weighted by atomic mass is 16.3. The van der Waals surface area contributed by atoms with Gasteiger partial charge in [0, 0.05) is 55.2 Å². The van der Waals surface area contributed by atoms with Gasteiger partial charge in [-0.25, -0.2) is 0 Å². The molecule has 0 saturated heterocycles. The van der Waals surface area contributed by atoms with Crippen LogP contribution >= 0.6 is 0 Å². The molecule has 57 heavy (non-hydrogen) atoms. The molecule has 0 aliphatic rings. The quantitative estimate of drug-likeness (QED) is 0.172. The summed E-state index contributed by atoms with van der Waals surface area (Å²) in [4.78, 5) is 0. The SMILES string of the molecule is [2H]c1c([2H])c([2H])c(-c2c([2H])c([2H])c([2H])c([2H])c2-n2c3c([2H])c([2H])c([2H])c([2H])c3c3c([2H])c(-c4ccc5c(c4)c4ccccc4n5-c4c([2H])c([2H])c5c(oc6c(-c7c([2H])c([2H])c([2H])c([2H])c7[2H])c([2H])c([2H])c([2H])c65)c4[2H])c([2H])c([2H])c32)c([2H])c1[2H]. The van der Waals surface area contributed by atoms with Crippen molar-refractivity contribution in [2.45, 2.75) is 0 Å². The van der Waals surface area contributed by atoms with Gasteiger partial charge in [0.1, 0.15) is 11.2 Å². The maximum Gasteiger partial charge on any atom is 0.143 e. The Hall–Kier alpha value is -7.62. The van der Waals surface area contributed by atoms with Gasteiger partial charge in [-0.15, -0.1) is 0 Å². The Balaban J connectivity index is 1.15. The van der Waals surface area contributed by atoms with E-state index in [2.05, 4.69) is 0 Å². The van der Waals surface area contributed by atoms with E-state index in [1.165, 1.54) is 22.8 Å². The van der Waals surface area contributed by atoms with Crippen molar-refractivity contribution in [1.29, 1.82) is 0 Å². The van der Waals surface area contributed by atoms with Crippen molar-refractivity contribution in [1.82, 2.24) is 9.13 Å². The first-order chi connectivity index (χ1) is 39.5. The maximum atomic E-state index is 9.96. The number of hydrogen-bond donors (Lipinski definition) is 0. The molecule has 0 aliphatic heterocycles. The molecular formula is C54H34N2O. The first-order valence-corrected chi connectivity index (χ1v) is 17.3. The highest BCUT2D eigenvalue weighted by molar-refractivity contribution is 6.14. The molecule has 0 radical (unpaired) electrons. The van der Waals surface area contributed by atoms with Crippen LogP contribution in [0.4, 0.5) is 0 Å². The van der Waals surface area contributed by atoms with Crippen molar-refractivity contribution in [2.75, 3.05) is 0 Å². The lowest BCUT2D eigenvalue weighted by Crippen LogP contribution is -1.97. The van der Waals surface area contributed by atoms with Gasteiger partial charge in [0.05, 0.1) is 64.8 Å². The normalized spacial score (nSPS) is 18.5. The zero-order valence-corrected chi connectivity index (χ0v) is 28.8. The minimum atomic E-state index is -0.931. The molecule has 3 heteroatoms. The van der Waals surface area contributed by atoms with Crippen LogP contribution in [0.3, 0.4) is 0 Å². The number of para-hydroxylation sites is 4. The number of hydrogen-bond acceptors (Lipinski definition) is 1. The molecule has 9 aromatic carbocycles. The molecule has 12 rings (SSSR count). The Morgan fingerprint density at radius 2 is 1.09 bits per heavy atom. The summed E-state index contributed by atoms with van der Waals surface area (Å²) in [5.41, 5.74) is -4.91. The van der Waals surface area contributed by atoms with Crippen LogP contribution in [0, 0.1) is 0 Å². The maximum absolute atomic E-state index is 9.96. The van der Waals surface area contributed by atoms with E-state index in [1.807, 2.05) is 0 Å². The van der Waals surface area contributed by atoms with E-state index in [1.54, 1.807) is 24.3 Å². The van der Waals surface area contributed by atoms with E-state index < -0.39 is 224 Å². The largest absolute Gasteiger partial charge is 0.455 e. The first-order valence-electron chi connectivity index (χ1n) is 30.8. The van der Waals surface area contributed by atoms with Gasteiger partial charge in [0.25, 0.3) is 0 Å². The zero-order valence-electron chi connectivity index (χ0n) is 55.8. The Kier molecular flexibility index (Phi) is 3.31. The predicted molar refractivity (Wildman–Crippen MR) is 239 cm³/mol. The van der Waals surface area contributed by atoms with Crippen LogP contribution in [-0.2, 0) is 0 Å². The van der Waals surface area contributed by atoms with Crippen LogP contribution in [0.1, 0.15) is 37.0 Å². The van der Waals surface area contributed by atoms with E-state index in [4.69, 9.17) is 29.1 Å². The molecule has 0 atom stereocenters. The van der Waals surface area contributed by atoms with Crippen LogP contribution in [0.25, 0.3) is 110 Å². The van der Waals surface area contributed by atoms with Gasteiger partial charge in [0.15, 0.2) is 0 Å². The summed E-state index contributed by atoms with van der Waals surface area (Å²) in [6, 6.07) is -9.89. The highest BCUT2D eigenvalue weighted by Gasteiger charge is 2.19. The lowest BCUT2D eigenvalue weighted by molar-refractivity contribution is 0.669. The van der Waals surface area contributed by atoms with E-state index in [0.29, 0.717) is 16.3 Å². The third-order valence-electron chi connectivity index (χ3n) is 9.78. The summed E-state index contributed by atoms with van der Waals surface area (Å²) >= 11 is 0. The molecule has 0 spiro atoms. The van der Waals surface area contributed by atoms with Gasteiger partial charge in [-0.2, -0.15) is 0 Å². The van der Waals surface area contributed by atoms with E-state index in [-0.39, 0.29) is 33.1 Å². The second-order valence-corrected chi connectivity index (χ2v) is 12.8. The standard InChI is InChI=1S/C54H34N2O/c1-3-14-35(15-4-1)40-18-7-10-23-48(40)56-50-25-12-9-20-43(50)47-33-38(27-31-52(47)56)37-26-30-51-46(32-37)42-19-8-11-24-49(42)55(51)39-28-29-44-45-22-13-21-41(36-16-5-2-6-17-36)54(45)57-53(44)34-39/h1-34H/i1D,2D,3D,4D,5D,6D,7D,9D,10D,12D,13D,14D,15D,16D,17D,18D,20D,21D,22D,23D,25D,27D,28D,29D,31D,33D,34D. The summed E-state index contributed by atoms with van der Waals surface area (Å²) in [5, 5.41) is -0.657. The summed E-state index contributed by atoms with van der Waals surface area (Å²) in [6.07, 6.45) is 0. The molecule has 266 valence electrons. The molecule has 0 bridgehead atoms. The smallest absolute Gasteiger partial charge is 0.143 e. The molecule has 3 nitrogen and oxygen atoms in total. The summed E-state index contributed by atoms with van der Waals surface area (Å²) < 4.78 is 250. The molecule has 3 heterocycles. The van der Waals surface area contributed by atoms with Crippen LogP contribution in [0.2, 0.25) is 0 Å². The fourth-order valence-electron chi connectivity index (χ4n) is 7.35. The number of benzene rings is 9. The average Bonchev–Trinajstić information content (AvgIpc) is 1.60.